The van der Waals surface area contributed by atoms with E-state index in [4.69, 9.17) is 23.2 Å². The van der Waals surface area contributed by atoms with Gasteiger partial charge in [-0.3, -0.25) is 0 Å². The van der Waals surface area contributed by atoms with E-state index in [0.717, 1.165) is 18.2 Å². The van der Waals surface area contributed by atoms with Crippen molar-refractivity contribution >= 4 is 23.2 Å². The van der Waals surface area contributed by atoms with Gasteiger partial charge in [0.05, 0.1) is 0 Å². The Morgan fingerprint density at radius 1 is 0.944 bits per heavy atom. The lowest BCUT2D eigenvalue weighted by atomic mass is 10.0. The Balaban J connectivity index is 2.47. The molecule has 0 fully saturated rings. The highest BCUT2D eigenvalue weighted by Gasteiger charge is 2.16. The van der Waals surface area contributed by atoms with Gasteiger partial charge in [0.25, 0.3) is 0 Å². The van der Waals surface area contributed by atoms with Crippen LogP contribution in [0.4, 0.5) is 8.78 Å². The van der Waals surface area contributed by atoms with Crippen molar-refractivity contribution in [3.05, 3.63) is 69.2 Å². The number of hydrogen-bond donors (Lipinski definition) is 1. The molecule has 18 heavy (non-hydrogen) atoms. The van der Waals surface area contributed by atoms with Crippen molar-refractivity contribution in [1.82, 2.24) is 0 Å². The molecule has 1 nitrogen and oxygen atoms in total. The van der Waals surface area contributed by atoms with Gasteiger partial charge in [0, 0.05) is 15.6 Å². The van der Waals surface area contributed by atoms with Gasteiger partial charge in [0.1, 0.15) is 17.7 Å². The monoisotopic (exact) mass is 288 g/mol. The van der Waals surface area contributed by atoms with Gasteiger partial charge >= 0.3 is 0 Å². The van der Waals surface area contributed by atoms with Crippen LogP contribution in [0.25, 0.3) is 0 Å². The van der Waals surface area contributed by atoms with Crippen LogP contribution < -0.4 is 0 Å². The predicted octanol–water partition coefficient (Wildman–Crippen LogP) is 4.35. The van der Waals surface area contributed by atoms with Crippen LogP contribution in [0.5, 0.6) is 0 Å². The summed E-state index contributed by atoms with van der Waals surface area (Å²) in [5, 5.41) is 10.6. The number of aliphatic hydroxyl groups is 1. The maximum absolute atomic E-state index is 13.5. The van der Waals surface area contributed by atoms with Crippen molar-refractivity contribution in [2.24, 2.45) is 0 Å². The highest BCUT2D eigenvalue weighted by molar-refractivity contribution is 6.34. The molecule has 0 saturated carbocycles. The van der Waals surface area contributed by atoms with Gasteiger partial charge in [-0.2, -0.15) is 0 Å². The molecule has 0 aromatic heterocycles. The zero-order valence-electron chi connectivity index (χ0n) is 9.00. The van der Waals surface area contributed by atoms with E-state index in [1.165, 1.54) is 18.2 Å². The smallest absolute Gasteiger partial charge is 0.129 e. The van der Waals surface area contributed by atoms with Gasteiger partial charge in [-0.05, 0) is 42.0 Å². The van der Waals surface area contributed by atoms with Crippen LogP contribution in [0.2, 0.25) is 10.0 Å². The molecule has 1 N–H and O–H groups in total. The van der Waals surface area contributed by atoms with Gasteiger partial charge < -0.3 is 5.11 Å². The van der Waals surface area contributed by atoms with Crippen LogP contribution in [0.3, 0.4) is 0 Å². The molecule has 2 rings (SSSR count). The van der Waals surface area contributed by atoms with E-state index in [-0.39, 0.29) is 5.56 Å². The van der Waals surface area contributed by atoms with Crippen LogP contribution >= 0.6 is 23.2 Å². The second kappa shape index (κ2) is 5.22. The SMILES string of the molecule is OC(c1cc(Cl)cc(Cl)c1)c1cc(F)ccc1F. The van der Waals surface area contributed by atoms with E-state index < -0.39 is 17.7 Å². The molecule has 0 saturated heterocycles. The molecule has 0 aliphatic rings. The summed E-state index contributed by atoms with van der Waals surface area (Å²) in [6.45, 7) is 0. The van der Waals surface area contributed by atoms with E-state index in [1.54, 1.807) is 0 Å². The fraction of sp³-hybridized carbons (Fsp3) is 0.0769. The molecule has 0 spiro atoms. The van der Waals surface area contributed by atoms with Crippen molar-refractivity contribution in [1.29, 1.82) is 0 Å². The van der Waals surface area contributed by atoms with Crippen LogP contribution in [-0.4, -0.2) is 5.11 Å². The zero-order chi connectivity index (χ0) is 13.3. The molecule has 0 heterocycles. The van der Waals surface area contributed by atoms with Gasteiger partial charge in [-0.1, -0.05) is 23.2 Å². The third-order valence-electron chi connectivity index (χ3n) is 2.45. The normalized spacial score (nSPS) is 12.5. The first-order valence-electron chi connectivity index (χ1n) is 5.06. The van der Waals surface area contributed by atoms with Crippen LogP contribution in [-0.2, 0) is 0 Å². The van der Waals surface area contributed by atoms with E-state index in [0.29, 0.717) is 15.6 Å². The Morgan fingerprint density at radius 3 is 2.17 bits per heavy atom. The number of hydrogen-bond acceptors (Lipinski definition) is 1. The number of benzene rings is 2. The molecule has 5 heteroatoms. The molecule has 0 amide bonds. The molecule has 0 bridgehead atoms. The summed E-state index contributed by atoms with van der Waals surface area (Å²) >= 11 is 11.6. The van der Waals surface area contributed by atoms with Crippen LogP contribution in [0.1, 0.15) is 17.2 Å². The highest BCUT2D eigenvalue weighted by atomic mass is 35.5. The third kappa shape index (κ3) is 2.80. The van der Waals surface area contributed by atoms with Crippen LogP contribution in [0.15, 0.2) is 36.4 Å². The lowest BCUT2D eigenvalue weighted by Crippen LogP contribution is -2.03. The molecule has 0 aliphatic carbocycles. The van der Waals surface area contributed by atoms with Crippen molar-refractivity contribution in [3.63, 3.8) is 0 Å². The molecule has 1 unspecified atom stereocenters. The minimum Gasteiger partial charge on any atom is -0.384 e. The van der Waals surface area contributed by atoms with Gasteiger partial charge in [-0.15, -0.1) is 0 Å². The molecule has 2 aromatic carbocycles. The Bertz CT molecular complexity index is 567. The average Bonchev–Trinajstić information content (AvgIpc) is 2.30. The maximum Gasteiger partial charge on any atom is 0.129 e. The Kier molecular flexibility index (Phi) is 3.85. The van der Waals surface area contributed by atoms with Gasteiger partial charge in [0.2, 0.25) is 0 Å². The summed E-state index contributed by atoms with van der Waals surface area (Å²) in [7, 11) is 0. The van der Waals surface area contributed by atoms with Crippen molar-refractivity contribution in [2.75, 3.05) is 0 Å². The Hall–Kier alpha value is -1.16. The summed E-state index contributed by atoms with van der Waals surface area (Å²) in [6.07, 6.45) is -1.32. The molecular weight excluding hydrogens is 281 g/mol. The number of halogens is 4. The fourth-order valence-electron chi connectivity index (χ4n) is 1.64. The first-order valence-corrected chi connectivity index (χ1v) is 5.82. The van der Waals surface area contributed by atoms with Gasteiger partial charge in [-0.25, -0.2) is 8.78 Å². The second-order valence-electron chi connectivity index (χ2n) is 3.77. The molecule has 94 valence electrons. The molecule has 2 aromatic rings. The highest BCUT2D eigenvalue weighted by Crippen LogP contribution is 2.29. The largest absolute Gasteiger partial charge is 0.384 e. The fourth-order valence-corrected chi connectivity index (χ4v) is 2.18. The van der Waals surface area contributed by atoms with Gasteiger partial charge in [0.15, 0.2) is 0 Å². The summed E-state index contributed by atoms with van der Waals surface area (Å²) in [6, 6.07) is 7.26. The Morgan fingerprint density at radius 2 is 1.56 bits per heavy atom. The number of aliphatic hydroxyl groups excluding tert-OH is 1. The van der Waals surface area contributed by atoms with Crippen molar-refractivity contribution in [3.8, 4) is 0 Å². The van der Waals surface area contributed by atoms with Crippen molar-refractivity contribution < 1.29 is 13.9 Å². The average molecular weight is 289 g/mol. The van der Waals surface area contributed by atoms with Crippen molar-refractivity contribution in [2.45, 2.75) is 6.10 Å². The van der Waals surface area contributed by atoms with E-state index in [1.807, 2.05) is 0 Å². The minimum absolute atomic E-state index is 0.159. The summed E-state index contributed by atoms with van der Waals surface area (Å²) in [5.74, 6) is -1.32. The zero-order valence-corrected chi connectivity index (χ0v) is 10.5. The molecule has 0 radical (unpaired) electrons. The minimum atomic E-state index is -1.32. The summed E-state index contributed by atoms with van der Waals surface area (Å²) in [4.78, 5) is 0. The number of rotatable bonds is 2. The lowest BCUT2D eigenvalue weighted by Gasteiger charge is -2.13. The molecule has 1 atom stereocenters. The quantitative estimate of drug-likeness (QED) is 0.871. The summed E-state index contributed by atoms with van der Waals surface area (Å²) < 4.78 is 26.6. The second-order valence-corrected chi connectivity index (χ2v) is 4.64. The predicted molar refractivity (Wildman–Crippen MR) is 66.9 cm³/mol. The first kappa shape index (κ1) is 13.3. The Labute approximate surface area is 113 Å². The third-order valence-corrected chi connectivity index (χ3v) is 2.89. The summed E-state index contributed by atoms with van der Waals surface area (Å²) in [5.41, 5.74) is 0.144. The van der Waals surface area contributed by atoms with Crippen LogP contribution in [0, 0.1) is 11.6 Å². The van der Waals surface area contributed by atoms with E-state index in [2.05, 4.69) is 0 Å². The van der Waals surface area contributed by atoms with E-state index in [9.17, 15) is 13.9 Å². The maximum atomic E-state index is 13.5. The lowest BCUT2D eigenvalue weighted by molar-refractivity contribution is 0.214. The first-order chi connectivity index (χ1) is 8.47. The molecule has 0 aliphatic heterocycles. The molecular formula is C13H8Cl2F2O. The van der Waals surface area contributed by atoms with E-state index >= 15 is 0 Å². The topological polar surface area (TPSA) is 20.2 Å². The standard InChI is InChI=1S/C13H8Cl2F2O/c14-8-3-7(4-9(15)5-8)13(18)11-6-10(16)1-2-12(11)17/h1-6,13,18H.